The van der Waals surface area contributed by atoms with Crippen LogP contribution < -0.4 is 4.74 Å². The highest BCUT2D eigenvalue weighted by Crippen LogP contribution is 2.28. The fourth-order valence-electron chi connectivity index (χ4n) is 3.54. The third-order valence-corrected chi connectivity index (χ3v) is 5.02. The number of aliphatic hydroxyl groups excluding tert-OH is 1. The number of likely N-dealkylation sites (tertiary alicyclic amines) is 2. The number of hydrogen-bond acceptors (Lipinski definition) is 4. The Hall–Kier alpha value is -2.44. The van der Waals surface area contributed by atoms with E-state index in [4.69, 9.17) is 4.74 Å². The van der Waals surface area contributed by atoms with E-state index in [0.717, 1.165) is 6.42 Å². The molecule has 2 aromatic carbocycles. The zero-order chi connectivity index (χ0) is 18.1. The van der Waals surface area contributed by atoms with Gasteiger partial charge in [-0.3, -0.25) is 9.69 Å². The molecule has 4 rings (SSSR count). The molecule has 0 saturated carbocycles. The van der Waals surface area contributed by atoms with E-state index in [1.54, 1.807) is 12.1 Å². The van der Waals surface area contributed by atoms with Gasteiger partial charge in [-0.05, 0) is 42.8 Å². The highest BCUT2D eigenvalue weighted by atomic mass is 19.1. The van der Waals surface area contributed by atoms with Crippen LogP contribution in [0.5, 0.6) is 11.5 Å². The molecule has 1 N–H and O–H groups in total. The van der Waals surface area contributed by atoms with Gasteiger partial charge in [-0.15, -0.1) is 0 Å². The largest absolute Gasteiger partial charge is 0.457 e. The van der Waals surface area contributed by atoms with Crippen LogP contribution in [0.2, 0.25) is 0 Å². The maximum Gasteiger partial charge on any atom is 0.257 e. The second-order valence-electron chi connectivity index (χ2n) is 6.85. The second-order valence-corrected chi connectivity index (χ2v) is 6.85. The SMILES string of the molecule is O=C(c1ccccc1Oc1ccc(F)cc1)N1CCC(N2CC(O)C2)C1. The predicted octanol–water partition coefficient (Wildman–Crippen LogP) is 2.51. The van der Waals surface area contributed by atoms with Gasteiger partial charge < -0.3 is 14.7 Å². The number of carbonyl (C=O) groups is 1. The molecule has 5 nitrogen and oxygen atoms in total. The Morgan fingerprint density at radius 3 is 2.54 bits per heavy atom. The first kappa shape index (κ1) is 17.0. The summed E-state index contributed by atoms with van der Waals surface area (Å²) < 4.78 is 18.9. The number of hydrogen-bond donors (Lipinski definition) is 1. The number of ether oxygens (including phenoxy) is 1. The van der Waals surface area contributed by atoms with Gasteiger partial charge in [0.2, 0.25) is 0 Å². The van der Waals surface area contributed by atoms with E-state index >= 15 is 0 Å². The molecule has 1 amide bonds. The fraction of sp³-hybridized carbons (Fsp3) is 0.350. The maximum absolute atomic E-state index is 13.1. The molecule has 136 valence electrons. The Balaban J connectivity index is 1.47. The van der Waals surface area contributed by atoms with E-state index in [-0.39, 0.29) is 17.8 Å². The Labute approximate surface area is 151 Å². The quantitative estimate of drug-likeness (QED) is 0.915. The molecule has 1 unspecified atom stereocenters. The lowest BCUT2D eigenvalue weighted by atomic mass is 10.1. The molecule has 26 heavy (non-hydrogen) atoms. The molecule has 0 bridgehead atoms. The molecule has 0 aliphatic carbocycles. The topological polar surface area (TPSA) is 53.0 Å². The minimum absolute atomic E-state index is 0.0636. The summed E-state index contributed by atoms with van der Waals surface area (Å²) in [5.74, 6) is 0.555. The average molecular weight is 356 g/mol. The van der Waals surface area contributed by atoms with Crippen LogP contribution in [0.15, 0.2) is 48.5 Å². The summed E-state index contributed by atoms with van der Waals surface area (Å²) in [4.78, 5) is 17.0. The summed E-state index contributed by atoms with van der Waals surface area (Å²) in [7, 11) is 0. The monoisotopic (exact) mass is 356 g/mol. The Morgan fingerprint density at radius 2 is 1.81 bits per heavy atom. The molecule has 6 heteroatoms. The van der Waals surface area contributed by atoms with Gasteiger partial charge in [0, 0.05) is 32.2 Å². The highest BCUT2D eigenvalue weighted by molar-refractivity contribution is 5.97. The van der Waals surface area contributed by atoms with Gasteiger partial charge in [-0.1, -0.05) is 12.1 Å². The normalized spacial score (nSPS) is 20.8. The number of para-hydroxylation sites is 1. The van der Waals surface area contributed by atoms with Crippen molar-refractivity contribution in [3.63, 3.8) is 0 Å². The predicted molar refractivity (Wildman–Crippen MR) is 94.8 cm³/mol. The number of benzene rings is 2. The van der Waals surface area contributed by atoms with Gasteiger partial charge in [-0.2, -0.15) is 0 Å². The molecule has 0 radical (unpaired) electrons. The van der Waals surface area contributed by atoms with Gasteiger partial charge >= 0.3 is 0 Å². The van der Waals surface area contributed by atoms with Gasteiger partial charge in [0.1, 0.15) is 17.3 Å². The average Bonchev–Trinajstić information content (AvgIpc) is 3.10. The Bertz CT molecular complexity index is 790. The smallest absolute Gasteiger partial charge is 0.257 e. The highest BCUT2D eigenvalue weighted by Gasteiger charge is 2.37. The minimum Gasteiger partial charge on any atom is -0.457 e. The number of rotatable bonds is 4. The van der Waals surface area contributed by atoms with Crippen molar-refractivity contribution >= 4 is 5.91 Å². The zero-order valence-electron chi connectivity index (χ0n) is 14.3. The van der Waals surface area contributed by atoms with Crippen molar-refractivity contribution < 1.29 is 19.0 Å². The molecule has 2 heterocycles. The lowest BCUT2D eigenvalue weighted by molar-refractivity contribution is -0.0217. The summed E-state index contributed by atoms with van der Waals surface area (Å²) in [6.07, 6.45) is 0.684. The van der Waals surface area contributed by atoms with E-state index < -0.39 is 0 Å². The minimum atomic E-state index is -0.332. The van der Waals surface area contributed by atoms with Crippen molar-refractivity contribution in [1.29, 1.82) is 0 Å². The van der Waals surface area contributed by atoms with Crippen molar-refractivity contribution in [1.82, 2.24) is 9.80 Å². The number of aliphatic hydroxyl groups is 1. The van der Waals surface area contributed by atoms with Crippen LogP contribution in [0.1, 0.15) is 16.8 Å². The molecule has 1 atom stereocenters. The molecule has 0 spiro atoms. The summed E-state index contributed by atoms with van der Waals surface area (Å²) in [5, 5.41) is 9.46. The first-order valence-electron chi connectivity index (χ1n) is 8.84. The van der Waals surface area contributed by atoms with Crippen LogP contribution in [0, 0.1) is 5.82 Å². The standard InChI is InChI=1S/C20H21FN2O3/c21-14-5-7-17(8-6-14)26-19-4-2-1-3-18(19)20(25)22-10-9-15(11-22)23-12-16(24)13-23/h1-8,15-16,24H,9-13H2. The fourth-order valence-corrected chi connectivity index (χ4v) is 3.54. The van der Waals surface area contributed by atoms with Crippen LogP contribution in [0.3, 0.4) is 0 Å². The van der Waals surface area contributed by atoms with Crippen LogP contribution in [0.25, 0.3) is 0 Å². The molecule has 2 aliphatic rings. The number of β-amino-alcohol motifs (C(OH)–C–C–N with tert-alkyl or cyclic N) is 1. The number of carbonyl (C=O) groups excluding carboxylic acids is 1. The first-order chi connectivity index (χ1) is 12.6. The van der Waals surface area contributed by atoms with E-state index in [2.05, 4.69) is 4.90 Å². The zero-order valence-corrected chi connectivity index (χ0v) is 14.3. The molecule has 2 aromatic rings. The van der Waals surface area contributed by atoms with Crippen LogP contribution in [-0.4, -0.2) is 59.1 Å². The van der Waals surface area contributed by atoms with Crippen molar-refractivity contribution in [3.05, 3.63) is 59.9 Å². The van der Waals surface area contributed by atoms with Gasteiger partial charge in [0.25, 0.3) is 5.91 Å². The van der Waals surface area contributed by atoms with Crippen LogP contribution in [0.4, 0.5) is 4.39 Å². The van der Waals surface area contributed by atoms with E-state index in [1.807, 2.05) is 17.0 Å². The van der Waals surface area contributed by atoms with E-state index in [0.29, 0.717) is 49.3 Å². The molecule has 0 aromatic heterocycles. The Kier molecular flexibility index (Phi) is 4.61. The maximum atomic E-state index is 13.1. The summed E-state index contributed by atoms with van der Waals surface area (Å²) >= 11 is 0. The number of halogens is 1. The van der Waals surface area contributed by atoms with Crippen LogP contribution >= 0.6 is 0 Å². The molecular weight excluding hydrogens is 335 g/mol. The van der Waals surface area contributed by atoms with Crippen molar-refractivity contribution in [2.75, 3.05) is 26.2 Å². The van der Waals surface area contributed by atoms with E-state index in [9.17, 15) is 14.3 Å². The van der Waals surface area contributed by atoms with Gasteiger partial charge in [0.15, 0.2) is 0 Å². The van der Waals surface area contributed by atoms with Crippen LogP contribution in [-0.2, 0) is 0 Å². The molecule has 2 fully saturated rings. The Morgan fingerprint density at radius 1 is 1.08 bits per heavy atom. The first-order valence-corrected chi connectivity index (χ1v) is 8.84. The summed E-state index contributed by atoms with van der Waals surface area (Å²) in [6, 6.07) is 13.2. The second kappa shape index (κ2) is 7.05. The van der Waals surface area contributed by atoms with Crippen molar-refractivity contribution in [2.45, 2.75) is 18.6 Å². The lowest BCUT2D eigenvalue weighted by Gasteiger charge is -2.40. The van der Waals surface area contributed by atoms with Gasteiger partial charge in [0.05, 0.1) is 11.7 Å². The molecule has 2 aliphatic heterocycles. The molecule has 2 saturated heterocycles. The lowest BCUT2D eigenvalue weighted by Crippen LogP contribution is -2.56. The third kappa shape index (κ3) is 3.43. The van der Waals surface area contributed by atoms with Gasteiger partial charge in [-0.25, -0.2) is 4.39 Å². The summed E-state index contributed by atoms with van der Waals surface area (Å²) in [5.41, 5.74) is 0.501. The van der Waals surface area contributed by atoms with Crippen molar-refractivity contribution in [2.24, 2.45) is 0 Å². The number of nitrogens with zero attached hydrogens (tertiary/aromatic N) is 2. The summed E-state index contributed by atoms with van der Waals surface area (Å²) in [6.45, 7) is 2.74. The molecular formula is C20H21FN2O3. The third-order valence-electron chi connectivity index (χ3n) is 5.02. The van der Waals surface area contributed by atoms with Crippen molar-refractivity contribution in [3.8, 4) is 11.5 Å². The van der Waals surface area contributed by atoms with E-state index in [1.165, 1.54) is 24.3 Å². The number of amides is 1.